The summed E-state index contributed by atoms with van der Waals surface area (Å²) in [6, 6.07) is 11.1. The highest BCUT2D eigenvalue weighted by molar-refractivity contribution is 5.99. The predicted octanol–water partition coefficient (Wildman–Crippen LogP) is 3.02. The zero-order chi connectivity index (χ0) is 30.5. The van der Waals surface area contributed by atoms with Crippen molar-refractivity contribution in [2.75, 3.05) is 20.3 Å². The molecule has 43 heavy (non-hydrogen) atoms. The van der Waals surface area contributed by atoms with Gasteiger partial charge in [0.25, 0.3) is 5.91 Å². The number of aromatic nitrogens is 3. The second-order valence-corrected chi connectivity index (χ2v) is 11.4. The third-order valence-corrected chi connectivity index (χ3v) is 8.37. The molecule has 0 saturated heterocycles. The summed E-state index contributed by atoms with van der Waals surface area (Å²) in [5.74, 6) is 6.44. The first-order chi connectivity index (χ1) is 20.6. The van der Waals surface area contributed by atoms with E-state index in [9.17, 15) is 14.3 Å². The Bertz CT molecular complexity index is 1740. The summed E-state index contributed by atoms with van der Waals surface area (Å²) in [6.45, 7) is 2.00. The Hall–Kier alpha value is -4.68. The zero-order valence-electron chi connectivity index (χ0n) is 24.2. The van der Waals surface area contributed by atoms with E-state index in [1.54, 1.807) is 48.3 Å². The maximum Gasteiger partial charge on any atom is 0.251 e. The molecule has 224 valence electrons. The van der Waals surface area contributed by atoms with Crippen LogP contribution in [0.4, 0.5) is 4.39 Å². The van der Waals surface area contributed by atoms with Crippen LogP contribution < -0.4 is 26.4 Å². The number of carbonyl (C=O) groups excluding carboxylic acids is 1. The molecular formula is C31H34FN7O4. The number of hydrogen-bond acceptors (Lipinski definition) is 9. The van der Waals surface area contributed by atoms with Crippen LogP contribution in [0.15, 0.2) is 61.1 Å². The molecule has 1 fully saturated rings. The molecular weight excluding hydrogens is 553 g/mol. The minimum Gasteiger partial charge on any atom is -0.494 e. The van der Waals surface area contributed by atoms with Gasteiger partial charge >= 0.3 is 0 Å². The fourth-order valence-corrected chi connectivity index (χ4v) is 5.70. The maximum absolute atomic E-state index is 13.8. The molecule has 1 amide bonds. The Morgan fingerprint density at radius 3 is 2.74 bits per heavy atom. The summed E-state index contributed by atoms with van der Waals surface area (Å²) < 4.78 is 27.1. The standard InChI is InChI=1S/C31H34FN7O4/c1-30(39(34)11-10-33)17-43-28-23(30)14-25(36-27(28)18-4-8-22(32)9-5-18)31(41,21-6-7-21)16-35-29(40)19-12-20-15-38(2)37-26(20)24(13-19)42-3/h4-5,8-15,21,41H,6-7,16-17,33-34H2,1-3H3,(H,35,40)/b11-10-/t30-,31+/m0/s1. The lowest BCUT2D eigenvalue weighted by molar-refractivity contribution is 0.00936. The van der Waals surface area contributed by atoms with Crippen LogP contribution in [0.1, 0.15) is 41.4 Å². The zero-order valence-corrected chi connectivity index (χ0v) is 24.2. The van der Waals surface area contributed by atoms with E-state index in [1.807, 2.05) is 6.92 Å². The Balaban J connectivity index is 1.40. The van der Waals surface area contributed by atoms with E-state index >= 15 is 0 Å². The molecule has 0 unspecified atom stereocenters. The van der Waals surface area contributed by atoms with Crippen molar-refractivity contribution in [2.45, 2.75) is 30.9 Å². The first-order valence-corrected chi connectivity index (χ1v) is 14.0. The molecule has 12 heteroatoms. The molecule has 0 bridgehead atoms. The Morgan fingerprint density at radius 1 is 1.33 bits per heavy atom. The SMILES string of the molecule is COc1cc(C(=O)NC[C@](O)(c2cc3c(c(-c4ccc(F)cc4)n2)OC[C@]3(C)N(N)/C=C\N)C2CC2)cc2cn(C)nc12. The molecule has 0 radical (unpaired) electrons. The van der Waals surface area contributed by atoms with Crippen LogP contribution in [0.2, 0.25) is 0 Å². The quantitative estimate of drug-likeness (QED) is 0.171. The fourth-order valence-electron chi connectivity index (χ4n) is 5.70. The second-order valence-electron chi connectivity index (χ2n) is 11.4. The third kappa shape index (κ3) is 4.92. The highest BCUT2D eigenvalue weighted by atomic mass is 19.1. The van der Waals surface area contributed by atoms with Gasteiger partial charge in [-0.15, -0.1) is 0 Å². The molecule has 2 aromatic heterocycles. The summed E-state index contributed by atoms with van der Waals surface area (Å²) in [4.78, 5) is 18.3. The molecule has 4 aromatic rings. The van der Waals surface area contributed by atoms with Gasteiger partial charge < -0.3 is 30.6 Å². The van der Waals surface area contributed by atoms with Crippen molar-refractivity contribution in [3.63, 3.8) is 0 Å². The second kappa shape index (κ2) is 10.5. The predicted molar refractivity (Wildman–Crippen MR) is 158 cm³/mol. The molecule has 6 N–H and O–H groups in total. The monoisotopic (exact) mass is 587 g/mol. The maximum atomic E-state index is 13.8. The number of aryl methyl sites for hydroxylation is 1. The summed E-state index contributed by atoms with van der Waals surface area (Å²) in [6.07, 6.45) is 6.20. The minimum absolute atomic E-state index is 0.0921. The smallest absolute Gasteiger partial charge is 0.251 e. The molecule has 1 aliphatic carbocycles. The Kier molecular flexibility index (Phi) is 6.98. The van der Waals surface area contributed by atoms with Crippen molar-refractivity contribution in [3.05, 3.63) is 83.7 Å². The molecule has 2 atom stereocenters. The van der Waals surface area contributed by atoms with Crippen LogP contribution in [0.3, 0.4) is 0 Å². The first-order valence-electron chi connectivity index (χ1n) is 14.0. The first kappa shape index (κ1) is 28.4. The van der Waals surface area contributed by atoms with Crippen LogP contribution in [0.5, 0.6) is 11.5 Å². The Morgan fingerprint density at radius 2 is 2.07 bits per heavy atom. The van der Waals surface area contributed by atoms with Crippen LogP contribution in [0, 0.1) is 11.7 Å². The molecule has 6 rings (SSSR count). The lowest BCUT2D eigenvalue weighted by atomic mass is 9.86. The number of rotatable bonds is 9. The van der Waals surface area contributed by atoms with Crippen LogP contribution >= 0.6 is 0 Å². The van der Waals surface area contributed by atoms with E-state index in [0.717, 1.165) is 18.2 Å². The number of fused-ring (bicyclic) bond motifs is 2. The van der Waals surface area contributed by atoms with Crippen LogP contribution in [-0.4, -0.2) is 51.0 Å². The van der Waals surface area contributed by atoms with Crippen LogP contribution in [-0.2, 0) is 18.2 Å². The average Bonchev–Trinajstić information content (AvgIpc) is 3.71. The number of methoxy groups -OCH3 is 1. The largest absolute Gasteiger partial charge is 0.494 e. The van der Waals surface area contributed by atoms with Crippen molar-refractivity contribution in [3.8, 4) is 22.8 Å². The molecule has 11 nitrogen and oxygen atoms in total. The summed E-state index contributed by atoms with van der Waals surface area (Å²) in [5, 5.41) is 21.8. The van der Waals surface area contributed by atoms with Gasteiger partial charge in [-0.2, -0.15) is 5.10 Å². The molecule has 1 saturated carbocycles. The summed E-state index contributed by atoms with van der Waals surface area (Å²) >= 11 is 0. The highest BCUT2D eigenvalue weighted by Crippen LogP contribution is 2.50. The van der Waals surface area contributed by atoms with E-state index in [4.69, 9.17) is 26.0 Å². The van der Waals surface area contributed by atoms with Crippen molar-refractivity contribution in [2.24, 2.45) is 24.5 Å². The van der Waals surface area contributed by atoms with E-state index in [0.29, 0.717) is 45.1 Å². The van der Waals surface area contributed by atoms with Gasteiger partial charge in [0.1, 0.15) is 40.5 Å². The van der Waals surface area contributed by atoms with E-state index in [2.05, 4.69) is 10.4 Å². The Labute approximate surface area is 247 Å². The number of nitrogens with two attached hydrogens (primary N) is 2. The van der Waals surface area contributed by atoms with Crippen molar-refractivity contribution >= 4 is 16.8 Å². The van der Waals surface area contributed by atoms with Crippen molar-refractivity contribution in [1.82, 2.24) is 25.1 Å². The van der Waals surface area contributed by atoms with Gasteiger partial charge in [-0.25, -0.2) is 15.2 Å². The molecule has 1 aliphatic heterocycles. The number of amides is 1. The van der Waals surface area contributed by atoms with Crippen molar-refractivity contribution < 1.29 is 23.8 Å². The van der Waals surface area contributed by atoms with Crippen LogP contribution in [0.25, 0.3) is 22.2 Å². The third-order valence-electron chi connectivity index (χ3n) is 8.37. The molecule has 2 aliphatic rings. The van der Waals surface area contributed by atoms with Gasteiger partial charge in [-0.3, -0.25) is 9.48 Å². The topological polar surface area (TPSA) is 154 Å². The lowest BCUT2D eigenvalue weighted by Gasteiger charge is -2.34. The fraction of sp³-hybridized carbons (Fsp3) is 0.323. The van der Waals surface area contributed by atoms with E-state index in [-0.39, 0.29) is 30.8 Å². The van der Waals surface area contributed by atoms with Gasteiger partial charge in [0.2, 0.25) is 0 Å². The number of pyridine rings is 1. The van der Waals surface area contributed by atoms with Gasteiger partial charge in [0, 0.05) is 47.7 Å². The normalized spacial score (nSPS) is 19.2. The van der Waals surface area contributed by atoms with E-state index in [1.165, 1.54) is 36.7 Å². The highest BCUT2D eigenvalue weighted by Gasteiger charge is 2.49. The van der Waals surface area contributed by atoms with E-state index < -0.39 is 11.1 Å². The van der Waals surface area contributed by atoms with Gasteiger partial charge in [-0.1, -0.05) is 0 Å². The number of hydrogen-bond donors (Lipinski definition) is 4. The molecule has 3 heterocycles. The minimum atomic E-state index is -1.51. The molecule has 0 spiro atoms. The average molecular weight is 588 g/mol. The molecule has 2 aromatic carbocycles. The van der Waals surface area contributed by atoms with Crippen molar-refractivity contribution in [1.29, 1.82) is 0 Å². The number of nitrogens with zero attached hydrogens (tertiary/aromatic N) is 4. The van der Waals surface area contributed by atoms with Gasteiger partial charge in [0.15, 0.2) is 5.75 Å². The lowest BCUT2D eigenvalue weighted by Crippen LogP contribution is -2.47. The number of halogens is 1. The number of ether oxygens (including phenoxy) is 2. The number of carbonyl (C=O) groups is 1. The van der Waals surface area contributed by atoms with Gasteiger partial charge in [0.05, 0.1) is 19.3 Å². The number of benzene rings is 2. The number of aliphatic hydroxyl groups is 1. The summed E-state index contributed by atoms with van der Waals surface area (Å²) in [7, 11) is 3.32. The number of nitrogens with one attached hydrogen (secondary N) is 1. The summed E-state index contributed by atoms with van der Waals surface area (Å²) in [5.41, 5.74) is 6.41. The number of hydrazine groups is 1. The van der Waals surface area contributed by atoms with Gasteiger partial charge in [-0.05, 0) is 68.1 Å².